The van der Waals surface area contributed by atoms with Gasteiger partial charge >= 0.3 is 5.97 Å². The first-order valence-corrected chi connectivity index (χ1v) is 9.33. The number of aromatic nitrogens is 2. The van der Waals surface area contributed by atoms with Crippen molar-refractivity contribution in [3.8, 4) is 11.4 Å². The third-order valence-electron chi connectivity index (χ3n) is 4.18. The lowest BCUT2D eigenvalue weighted by atomic mass is 10.2. The minimum atomic E-state index is -0.382. The van der Waals surface area contributed by atoms with Crippen LogP contribution in [0, 0.1) is 0 Å². The smallest absolute Gasteiger partial charge is 0.337 e. The van der Waals surface area contributed by atoms with E-state index in [-0.39, 0.29) is 5.97 Å². The highest BCUT2D eigenvalue weighted by molar-refractivity contribution is 5.90. The van der Waals surface area contributed by atoms with Gasteiger partial charge in [-0.05, 0) is 32.3 Å². The highest BCUT2D eigenvalue weighted by Crippen LogP contribution is 2.23. The second-order valence-electron chi connectivity index (χ2n) is 6.76. The zero-order valence-corrected chi connectivity index (χ0v) is 16.8. The van der Waals surface area contributed by atoms with Crippen LogP contribution in [0.15, 0.2) is 60.7 Å². The van der Waals surface area contributed by atoms with Gasteiger partial charge in [-0.3, -0.25) is 0 Å². The third-order valence-corrected chi connectivity index (χ3v) is 4.18. The topological polar surface area (TPSA) is 79.4 Å². The fourth-order valence-electron chi connectivity index (χ4n) is 2.72. The number of methoxy groups -OCH3 is 1. The molecule has 0 aliphatic carbocycles. The predicted octanol–water partition coefficient (Wildman–Crippen LogP) is 3.65. The second-order valence-corrected chi connectivity index (χ2v) is 6.76. The highest BCUT2D eigenvalue weighted by atomic mass is 16.5. The second kappa shape index (κ2) is 9.66. The van der Waals surface area contributed by atoms with E-state index in [0.717, 1.165) is 30.2 Å². The molecule has 0 bridgehead atoms. The average molecular weight is 391 g/mol. The van der Waals surface area contributed by atoms with Crippen molar-refractivity contribution in [2.45, 2.75) is 0 Å². The first-order valence-electron chi connectivity index (χ1n) is 9.33. The molecule has 0 spiro atoms. The number of rotatable bonds is 8. The number of benzene rings is 2. The molecule has 0 amide bonds. The Hall–Kier alpha value is -3.45. The summed E-state index contributed by atoms with van der Waals surface area (Å²) < 4.78 is 4.79. The molecular formula is C22H25N5O2. The lowest BCUT2D eigenvalue weighted by Crippen LogP contribution is -2.21. The summed E-state index contributed by atoms with van der Waals surface area (Å²) in [6.07, 6.45) is 0. The van der Waals surface area contributed by atoms with Gasteiger partial charge in [0.2, 0.25) is 0 Å². The van der Waals surface area contributed by atoms with E-state index in [4.69, 9.17) is 4.74 Å². The molecule has 29 heavy (non-hydrogen) atoms. The number of esters is 1. The van der Waals surface area contributed by atoms with Crippen LogP contribution in [0.4, 0.5) is 17.3 Å². The largest absolute Gasteiger partial charge is 0.465 e. The molecule has 0 atom stereocenters. The lowest BCUT2D eigenvalue weighted by molar-refractivity contribution is 0.0601. The van der Waals surface area contributed by atoms with Crippen molar-refractivity contribution in [1.82, 2.24) is 14.9 Å². The molecule has 7 heteroatoms. The third kappa shape index (κ3) is 5.76. The maximum absolute atomic E-state index is 11.8. The Morgan fingerprint density at radius 1 is 1.00 bits per heavy atom. The number of nitrogens with zero attached hydrogens (tertiary/aromatic N) is 3. The summed E-state index contributed by atoms with van der Waals surface area (Å²) in [5.41, 5.74) is 2.14. The van der Waals surface area contributed by atoms with E-state index in [0.29, 0.717) is 17.2 Å². The Kier molecular flexibility index (Phi) is 6.76. The lowest BCUT2D eigenvalue weighted by Gasteiger charge is -2.14. The van der Waals surface area contributed by atoms with Gasteiger partial charge < -0.3 is 20.3 Å². The number of anilines is 3. The quantitative estimate of drug-likeness (QED) is 0.568. The van der Waals surface area contributed by atoms with Crippen LogP contribution in [0.1, 0.15) is 10.4 Å². The van der Waals surface area contributed by atoms with Gasteiger partial charge in [0.05, 0.1) is 12.7 Å². The molecule has 0 unspecified atom stereocenters. The molecule has 2 N–H and O–H groups in total. The van der Waals surface area contributed by atoms with Crippen molar-refractivity contribution in [2.24, 2.45) is 0 Å². The molecule has 0 saturated carbocycles. The minimum absolute atomic E-state index is 0.382. The molecular weight excluding hydrogens is 366 g/mol. The standard InChI is InChI=1S/C22H25N5O2/c1-27(2)13-12-23-19-15-20(26-21(25-19)16-8-5-4-6-9-16)24-18-11-7-10-17(14-18)22(28)29-3/h4-11,14-15H,12-13H2,1-3H3,(H2,23,24,25,26). The number of hydrogen-bond donors (Lipinski definition) is 2. The maximum atomic E-state index is 11.8. The van der Waals surface area contributed by atoms with Crippen LogP contribution in [-0.2, 0) is 4.74 Å². The van der Waals surface area contributed by atoms with Gasteiger partial charge in [-0.2, -0.15) is 0 Å². The Bertz CT molecular complexity index is 960. The molecule has 2 aromatic carbocycles. The molecule has 3 aromatic rings. The maximum Gasteiger partial charge on any atom is 0.337 e. The van der Waals surface area contributed by atoms with Gasteiger partial charge in [-0.15, -0.1) is 0 Å². The van der Waals surface area contributed by atoms with Crippen molar-refractivity contribution >= 4 is 23.3 Å². The molecule has 7 nitrogen and oxygen atoms in total. The van der Waals surface area contributed by atoms with E-state index in [1.807, 2.05) is 56.6 Å². The first-order chi connectivity index (χ1) is 14.0. The Morgan fingerprint density at radius 3 is 2.48 bits per heavy atom. The Labute approximate surface area is 170 Å². The molecule has 0 aliphatic rings. The van der Waals surface area contributed by atoms with Crippen LogP contribution in [0.25, 0.3) is 11.4 Å². The van der Waals surface area contributed by atoms with Crippen LogP contribution >= 0.6 is 0 Å². The molecule has 1 heterocycles. The fraction of sp³-hybridized carbons (Fsp3) is 0.227. The van der Waals surface area contributed by atoms with Gasteiger partial charge in [-0.1, -0.05) is 36.4 Å². The highest BCUT2D eigenvalue weighted by Gasteiger charge is 2.09. The van der Waals surface area contributed by atoms with Crippen molar-refractivity contribution < 1.29 is 9.53 Å². The summed E-state index contributed by atoms with van der Waals surface area (Å²) >= 11 is 0. The van der Waals surface area contributed by atoms with E-state index >= 15 is 0 Å². The van der Waals surface area contributed by atoms with Crippen LogP contribution in [-0.4, -0.2) is 55.1 Å². The van der Waals surface area contributed by atoms with Crippen LogP contribution < -0.4 is 10.6 Å². The summed E-state index contributed by atoms with van der Waals surface area (Å²) in [7, 11) is 5.42. The van der Waals surface area contributed by atoms with Crippen LogP contribution in [0.5, 0.6) is 0 Å². The van der Waals surface area contributed by atoms with Gasteiger partial charge in [0.1, 0.15) is 11.6 Å². The summed E-state index contributed by atoms with van der Waals surface area (Å²) in [6.45, 7) is 1.64. The number of likely N-dealkylation sites (N-methyl/N-ethyl adjacent to an activating group) is 1. The average Bonchev–Trinajstić information content (AvgIpc) is 2.73. The van der Waals surface area contributed by atoms with Gasteiger partial charge in [0, 0.05) is 30.4 Å². The SMILES string of the molecule is COC(=O)c1cccc(Nc2cc(NCCN(C)C)nc(-c3ccccc3)n2)c1. The van der Waals surface area contributed by atoms with Gasteiger partial charge in [0.15, 0.2) is 5.82 Å². The number of hydrogen-bond acceptors (Lipinski definition) is 7. The molecule has 3 rings (SSSR count). The minimum Gasteiger partial charge on any atom is -0.465 e. The Balaban J connectivity index is 1.89. The monoisotopic (exact) mass is 391 g/mol. The normalized spacial score (nSPS) is 10.6. The zero-order chi connectivity index (χ0) is 20.6. The first kappa shape index (κ1) is 20.3. The summed E-state index contributed by atoms with van der Waals surface area (Å²) in [4.78, 5) is 23.2. The number of carbonyl (C=O) groups is 1. The van der Waals surface area contributed by atoms with Crippen molar-refractivity contribution in [3.05, 3.63) is 66.2 Å². The number of ether oxygens (including phenoxy) is 1. The molecule has 0 saturated heterocycles. The van der Waals surface area contributed by atoms with E-state index in [1.54, 1.807) is 18.2 Å². The predicted molar refractivity (Wildman–Crippen MR) is 116 cm³/mol. The summed E-state index contributed by atoms with van der Waals surface area (Å²) in [5.74, 6) is 1.60. The van der Waals surface area contributed by atoms with Crippen LogP contribution in [0.3, 0.4) is 0 Å². The number of nitrogens with one attached hydrogen (secondary N) is 2. The Morgan fingerprint density at radius 2 is 1.76 bits per heavy atom. The van der Waals surface area contributed by atoms with E-state index in [2.05, 4.69) is 25.5 Å². The molecule has 0 radical (unpaired) electrons. The zero-order valence-electron chi connectivity index (χ0n) is 16.8. The number of carbonyl (C=O) groups excluding carboxylic acids is 1. The van der Waals surface area contributed by atoms with Crippen LogP contribution in [0.2, 0.25) is 0 Å². The van der Waals surface area contributed by atoms with Crippen molar-refractivity contribution in [3.63, 3.8) is 0 Å². The van der Waals surface area contributed by atoms with E-state index < -0.39 is 0 Å². The fourth-order valence-corrected chi connectivity index (χ4v) is 2.72. The molecule has 1 aromatic heterocycles. The van der Waals surface area contributed by atoms with E-state index in [1.165, 1.54) is 7.11 Å². The summed E-state index contributed by atoms with van der Waals surface area (Å²) in [5, 5.41) is 6.61. The van der Waals surface area contributed by atoms with Gasteiger partial charge in [-0.25, -0.2) is 14.8 Å². The molecule has 150 valence electrons. The molecule has 0 fully saturated rings. The van der Waals surface area contributed by atoms with E-state index in [9.17, 15) is 4.79 Å². The summed E-state index contributed by atoms with van der Waals surface area (Å²) in [6, 6.07) is 18.8. The van der Waals surface area contributed by atoms with Gasteiger partial charge in [0.25, 0.3) is 0 Å². The van der Waals surface area contributed by atoms with Crippen molar-refractivity contribution in [1.29, 1.82) is 0 Å². The van der Waals surface area contributed by atoms with Crippen molar-refractivity contribution in [2.75, 3.05) is 44.9 Å². The molecule has 0 aliphatic heterocycles.